The molecule has 13 heavy (non-hydrogen) atoms. The van der Waals surface area contributed by atoms with Crippen molar-refractivity contribution in [3.63, 3.8) is 0 Å². The summed E-state index contributed by atoms with van der Waals surface area (Å²) in [7, 11) is 0. The molecule has 4 saturated carbocycles. The van der Waals surface area contributed by atoms with Gasteiger partial charge in [-0.3, -0.25) is 4.79 Å². The highest BCUT2D eigenvalue weighted by molar-refractivity contribution is 7.99. The number of hydrogen-bond donors (Lipinski definition) is 0. The Morgan fingerprint density at radius 3 is 2.85 bits per heavy atom. The van der Waals surface area contributed by atoms with Gasteiger partial charge in [-0.25, -0.2) is 0 Å². The Kier molecular flexibility index (Phi) is 1.77. The molecule has 4 fully saturated rings. The van der Waals surface area contributed by atoms with Crippen LogP contribution < -0.4 is 0 Å². The molecule has 4 aliphatic rings. The Balaban J connectivity index is 1.94. The first-order valence-electron chi connectivity index (χ1n) is 5.36. The first-order valence-corrected chi connectivity index (χ1v) is 6.65. The predicted molar refractivity (Wildman–Crippen MR) is 54.7 cm³/mol. The molecule has 4 aliphatic carbocycles. The summed E-state index contributed by atoms with van der Waals surface area (Å²) in [5.74, 6) is 3.34. The van der Waals surface area contributed by atoms with Gasteiger partial charge in [-0.15, -0.1) is 0 Å². The van der Waals surface area contributed by atoms with Crippen LogP contribution in [0, 0.1) is 23.7 Å². The summed E-state index contributed by atoms with van der Waals surface area (Å²) < 4.78 is 0. The smallest absolute Gasteiger partial charge is 0.140 e. The van der Waals surface area contributed by atoms with E-state index >= 15 is 0 Å². The average molecular weight is 196 g/mol. The highest BCUT2D eigenvalue weighted by Crippen LogP contribution is 2.54. The highest BCUT2D eigenvalue weighted by Gasteiger charge is 2.52. The van der Waals surface area contributed by atoms with E-state index in [0.29, 0.717) is 22.9 Å². The molecular weight excluding hydrogens is 180 g/mol. The van der Waals surface area contributed by atoms with E-state index in [0.717, 1.165) is 11.8 Å². The summed E-state index contributed by atoms with van der Waals surface area (Å²) >= 11 is 1.94. The summed E-state index contributed by atoms with van der Waals surface area (Å²) in [6.45, 7) is 0. The minimum Gasteiger partial charge on any atom is -0.299 e. The zero-order chi connectivity index (χ0) is 9.00. The van der Waals surface area contributed by atoms with Gasteiger partial charge < -0.3 is 0 Å². The minimum absolute atomic E-state index is 0.450. The Hall–Kier alpha value is 0.0200. The van der Waals surface area contributed by atoms with Crippen LogP contribution in [0.1, 0.15) is 25.7 Å². The molecule has 0 spiro atoms. The van der Waals surface area contributed by atoms with Gasteiger partial charge in [0.25, 0.3) is 0 Å². The van der Waals surface area contributed by atoms with Crippen molar-refractivity contribution in [1.29, 1.82) is 0 Å². The lowest BCUT2D eigenvalue weighted by Crippen LogP contribution is -2.52. The average Bonchev–Trinajstić information content (AvgIpc) is 2.13. The van der Waals surface area contributed by atoms with Crippen molar-refractivity contribution in [2.24, 2.45) is 23.7 Å². The molecule has 0 aliphatic heterocycles. The first-order chi connectivity index (χ1) is 6.29. The third kappa shape index (κ3) is 1.04. The normalized spacial score (nSPS) is 53.0. The summed E-state index contributed by atoms with van der Waals surface area (Å²) in [6.07, 6.45) is 7.27. The predicted octanol–water partition coefficient (Wildman–Crippen LogP) is 2.35. The van der Waals surface area contributed by atoms with E-state index in [-0.39, 0.29) is 0 Å². The van der Waals surface area contributed by atoms with E-state index in [2.05, 4.69) is 6.26 Å². The fourth-order valence-electron chi connectivity index (χ4n) is 3.94. The quantitative estimate of drug-likeness (QED) is 0.640. The summed E-state index contributed by atoms with van der Waals surface area (Å²) in [4.78, 5) is 11.9. The number of carbonyl (C=O) groups excluding carboxylic acids is 1. The van der Waals surface area contributed by atoms with Crippen LogP contribution in [0.3, 0.4) is 0 Å². The van der Waals surface area contributed by atoms with Gasteiger partial charge in [-0.05, 0) is 43.8 Å². The van der Waals surface area contributed by atoms with Crippen molar-refractivity contribution in [3.05, 3.63) is 0 Å². The molecule has 4 rings (SSSR count). The zero-order valence-corrected chi connectivity index (χ0v) is 8.85. The second kappa shape index (κ2) is 2.75. The van der Waals surface area contributed by atoms with Crippen LogP contribution >= 0.6 is 11.8 Å². The van der Waals surface area contributed by atoms with Crippen LogP contribution in [0.5, 0.6) is 0 Å². The maximum Gasteiger partial charge on any atom is 0.140 e. The molecule has 0 aromatic heterocycles. The van der Waals surface area contributed by atoms with E-state index in [1.165, 1.54) is 25.7 Å². The lowest BCUT2D eigenvalue weighted by atomic mass is 9.55. The van der Waals surface area contributed by atoms with E-state index in [1.807, 2.05) is 11.8 Å². The van der Waals surface area contributed by atoms with Crippen LogP contribution in [0.15, 0.2) is 0 Å². The first kappa shape index (κ1) is 8.34. The minimum atomic E-state index is 0.450. The molecule has 0 amide bonds. The van der Waals surface area contributed by atoms with Gasteiger partial charge in [0.15, 0.2) is 0 Å². The molecule has 5 atom stereocenters. The topological polar surface area (TPSA) is 17.1 Å². The molecule has 0 radical (unpaired) electrons. The van der Waals surface area contributed by atoms with Gasteiger partial charge in [-0.2, -0.15) is 11.8 Å². The van der Waals surface area contributed by atoms with Crippen molar-refractivity contribution in [2.45, 2.75) is 30.9 Å². The van der Waals surface area contributed by atoms with Gasteiger partial charge in [0.05, 0.1) is 0 Å². The van der Waals surface area contributed by atoms with Crippen LogP contribution in [0.4, 0.5) is 0 Å². The van der Waals surface area contributed by atoms with E-state index in [9.17, 15) is 4.79 Å². The Morgan fingerprint density at radius 2 is 2.08 bits per heavy atom. The Bertz CT molecular complexity index is 250. The molecule has 0 aromatic carbocycles. The van der Waals surface area contributed by atoms with Gasteiger partial charge >= 0.3 is 0 Å². The van der Waals surface area contributed by atoms with Crippen molar-refractivity contribution in [3.8, 4) is 0 Å². The second-order valence-electron chi connectivity index (χ2n) is 4.98. The van der Waals surface area contributed by atoms with Gasteiger partial charge in [0.2, 0.25) is 0 Å². The second-order valence-corrected chi connectivity index (χ2v) is 5.99. The number of carbonyl (C=O) groups is 1. The lowest BCUT2D eigenvalue weighted by Gasteiger charge is -2.52. The third-order valence-electron chi connectivity index (χ3n) is 4.33. The SMILES string of the molecule is CS[C@@H]1C2CC3CC(C2)C(=O)C1C3. The van der Waals surface area contributed by atoms with Gasteiger partial charge in [0.1, 0.15) is 5.78 Å². The summed E-state index contributed by atoms with van der Waals surface area (Å²) in [5, 5.41) is 0.681. The molecular formula is C11H16OS. The molecule has 4 unspecified atom stereocenters. The fraction of sp³-hybridized carbons (Fsp3) is 0.909. The molecule has 0 heterocycles. The van der Waals surface area contributed by atoms with Crippen LogP contribution in [-0.2, 0) is 4.79 Å². The molecule has 0 saturated heterocycles. The van der Waals surface area contributed by atoms with Crippen LogP contribution in [-0.4, -0.2) is 17.3 Å². The van der Waals surface area contributed by atoms with E-state index in [4.69, 9.17) is 0 Å². The fourth-order valence-corrected chi connectivity index (χ4v) is 5.12. The lowest BCUT2D eigenvalue weighted by molar-refractivity contribution is -0.139. The maximum atomic E-state index is 11.9. The monoisotopic (exact) mass is 196 g/mol. The number of rotatable bonds is 1. The number of ketones is 1. The third-order valence-corrected chi connectivity index (χ3v) is 5.59. The molecule has 0 N–H and O–H groups in total. The van der Waals surface area contributed by atoms with Crippen LogP contribution in [0.25, 0.3) is 0 Å². The number of hydrogen-bond acceptors (Lipinski definition) is 2. The number of Topliss-reactive ketones (excluding diaryl/α,β-unsaturated/α-hetero) is 1. The highest BCUT2D eigenvalue weighted by atomic mass is 32.2. The van der Waals surface area contributed by atoms with E-state index < -0.39 is 0 Å². The van der Waals surface area contributed by atoms with Crippen molar-refractivity contribution in [1.82, 2.24) is 0 Å². The van der Waals surface area contributed by atoms with Gasteiger partial charge in [-0.1, -0.05) is 0 Å². The molecule has 72 valence electrons. The molecule has 1 nitrogen and oxygen atoms in total. The van der Waals surface area contributed by atoms with Gasteiger partial charge in [0, 0.05) is 17.1 Å². The van der Waals surface area contributed by atoms with Crippen molar-refractivity contribution < 1.29 is 4.79 Å². The Morgan fingerprint density at radius 1 is 1.23 bits per heavy atom. The largest absolute Gasteiger partial charge is 0.299 e. The molecule has 4 bridgehead atoms. The van der Waals surface area contributed by atoms with E-state index in [1.54, 1.807) is 0 Å². The number of thioether (sulfide) groups is 1. The molecule has 2 heteroatoms. The van der Waals surface area contributed by atoms with Crippen molar-refractivity contribution in [2.75, 3.05) is 6.26 Å². The van der Waals surface area contributed by atoms with Crippen LogP contribution in [0.2, 0.25) is 0 Å². The molecule has 0 aromatic rings. The summed E-state index contributed by atoms with van der Waals surface area (Å²) in [5.41, 5.74) is 0. The summed E-state index contributed by atoms with van der Waals surface area (Å²) in [6, 6.07) is 0. The maximum absolute atomic E-state index is 11.9. The zero-order valence-electron chi connectivity index (χ0n) is 8.03. The standard InChI is InChI=1S/C11H16OS/c1-13-11-8-3-6-2-7(5-8)10(12)9(11)4-6/h6-9,11H,2-5H2,1H3/t6?,7?,8?,9?,11-/m1/s1. The van der Waals surface area contributed by atoms with Crippen molar-refractivity contribution >= 4 is 17.5 Å². The Labute approximate surface area is 83.7 Å².